The summed E-state index contributed by atoms with van der Waals surface area (Å²) in [7, 11) is 1.45. The lowest BCUT2D eigenvalue weighted by Gasteiger charge is -2.07. The van der Waals surface area contributed by atoms with Crippen molar-refractivity contribution in [2.45, 2.75) is 0 Å². The van der Waals surface area contributed by atoms with E-state index in [9.17, 15) is 15.0 Å². The molecule has 0 aromatic heterocycles. The van der Waals surface area contributed by atoms with Crippen LogP contribution >= 0.6 is 15.9 Å². The minimum atomic E-state index is -0.280. The summed E-state index contributed by atoms with van der Waals surface area (Å²) in [6.07, 6.45) is 1.52. The Bertz CT molecular complexity index is 810. The molecular formula is C16H11BrO5. The minimum Gasteiger partial charge on any atom is -0.508 e. The lowest BCUT2D eigenvalue weighted by atomic mass is 10.1. The van der Waals surface area contributed by atoms with Gasteiger partial charge in [0.2, 0.25) is 5.78 Å². The van der Waals surface area contributed by atoms with E-state index in [4.69, 9.17) is 9.47 Å². The van der Waals surface area contributed by atoms with Gasteiger partial charge in [0.15, 0.2) is 17.3 Å². The Labute approximate surface area is 134 Å². The van der Waals surface area contributed by atoms with E-state index in [0.29, 0.717) is 27.1 Å². The lowest BCUT2D eigenvalue weighted by molar-refractivity contribution is 0.101. The molecule has 1 heterocycles. The third-order valence-corrected chi connectivity index (χ3v) is 3.93. The van der Waals surface area contributed by atoms with Crippen molar-refractivity contribution < 1.29 is 24.5 Å². The first-order valence-electron chi connectivity index (χ1n) is 6.33. The molecule has 112 valence electrons. The van der Waals surface area contributed by atoms with Crippen molar-refractivity contribution in [2.75, 3.05) is 7.11 Å². The predicted octanol–water partition coefficient (Wildman–Crippen LogP) is 3.49. The molecule has 0 saturated heterocycles. The average molecular weight is 363 g/mol. The number of hydrogen-bond donors (Lipinski definition) is 2. The molecule has 1 aliphatic heterocycles. The van der Waals surface area contributed by atoms with E-state index >= 15 is 0 Å². The second-order valence-electron chi connectivity index (χ2n) is 4.67. The number of phenolic OH excluding ortho intramolecular Hbond substituents is 2. The van der Waals surface area contributed by atoms with Gasteiger partial charge < -0.3 is 19.7 Å². The van der Waals surface area contributed by atoms with Gasteiger partial charge in [0, 0.05) is 10.5 Å². The molecule has 2 N–H and O–H groups in total. The highest BCUT2D eigenvalue weighted by molar-refractivity contribution is 9.10. The fraction of sp³-hybridized carbons (Fsp3) is 0.0625. The molecule has 22 heavy (non-hydrogen) atoms. The van der Waals surface area contributed by atoms with Crippen molar-refractivity contribution >= 4 is 27.8 Å². The number of ether oxygens (including phenoxy) is 2. The zero-order valence-corrected chi connectivity index (χ0v) is 13.0. The molecule has 2 aromatic rings. The Morgan fingerprint density at radius 3 is 2.73 bits per heavy atom. The van der Waals surface area contributed by atoms with Gasteiger partial charge in [-0.25, -0.2) is 0 Å². The number of ketones is 1. The predicted molar refractivity (Wildman–Crippen MR) is 83.4 cm³/mol. The monoisotopic (exact) mass is 362 g/mol. The number of Topliss-reactive ketones (excluding diaryl/α,β-unsaturated/α-hetero) is 1. The van der Waals surface area contributed by atoms with Gasteiger partial charge in [-0.2, -0.15) is 0 Å². The highest BCUT2D eigenvalue weighted by atomic mass is 79.9. The number of fused-ring (bicyclic) bond motifs is 1. The Morgan fingerprint density at radius 1 is 1.23 bits per heavy atom. The van der Waals surface area contributed by atoms with Gasteiger partial charge in [-0.3, -0.25) is 4.79 Å². The molecular weight excluding hydrogens is 352 g/mol. The first-order valence-corrected chi connectivity index (χ1v) is 7.12. The minimum absolute atomic E-state index is 0.0241. The average Bonchev–Trinajstić information content (AvgIpc) is 2.78. The van der Waals surface area contributed by atoms with Crippen LogP contribution in [0.5, 0.6) is 23.0 Å². The Balaban J connectivity index is 2.01. The standard InChI is InChI=1S/C16H11BrO5/c1-21-14-7-11(17)8(4-12(14)19)5-15-16(20)10-3-2-9(18)6-13(10)22-15/h2-7,18-19H,1H3/b15-5+. The molecule has 3 rings (SSSR count). The number of carbonyl (C=O) groups excluding carboxylic acids is 1. The Morgan fingerprint density at radius 2 is 2.00 bits per heavy atom. The van der Waals surface area contributed by atoms with Crippen molar-refractivity contribution in [3.63, 3.8) is 0 Å². The van der Waals surface area contributed by atoms with E-state index in [2.05, 4.69) is 15.9 Å². The molecule has 2 aromatic carbocycles. The van der Waals surface area contributed by atoms with Gasteiger partial charge in [-0.05, 0) is 35.9 Å². The summed E-state index contributed by atoms with van der Waals surface area (Å²) < 4.78 is 11.1. The van der Waals surface area contributed by atoms with E-state index in [1.807, 2.05) is 0 Å². The number of carbonyl (C=O) groups is 1. The summed E-state index contributed by atoms with van der Waals surface area (Å²) >= 11 is 3.35. The van der Waals surface area contributed by atoms with Crippen LogP contribution in [0, 0.1) is 0 Å². The van der Waals surface area contributed by atoms with Crippen LogP contribution in [-0.2, 0) is 0 Å². The third-order valence-electron chi connectivity index (χ3n) is 3.24. The maximum atomic E-state index is 12.3. The summed E-state index contributed by atoms with van der Waals surface area (Å²) in [5.41, 5.74) is 0.955. The van der Waals surface area contributed by atoms with Crippen LogP contribution in [0.2, 0.25) is 0 Å². The maximum Gasteiger partial charge on any atom is 0.231 e. The zero-order chi connectivity index (χ0) is 15.9. The van der Waals surface area contributed by atoms with Crippen molar-refractivity contribution in [1.29, 1.82) is 0 Å². The molecule has 5 nitrogen and oxygen atoms in total. The van der Waals surface area contributed by atoms with Crippen molar-refractivity contribution in [3.8, 4) is 23.0 Å². The second-order valence-corrected chi connectivity index (χ2v) is 5.52. The number of aromatic hydroxyl groups is 2. The van der Waals surface area contributed by atoms with E-state index in [1.54, 1.807) is 6.07 Å². The number of phenols is 2. The van der Waals surface area contributed by atoms with Crippen LogP contribution < -0.4 is 9.47 Å². The first kappa shape index (κ1) is 14.5. The topological polar surface area (TPSA) is 76.0 Å². The molecule has 0 amide bonds. The number of halogens is 1. The summed E-state index contributed by atoms with van der Waals surface area (Å²) in [6.45, 7) is 0. The summed E-state index contributed by atoms with van der Waals surface area (Å²) in [5, 5.41) is 19.3. The van der Waals surface area contributed by atoms with Gasteiger partial charge in [0.25, 0.3) is 0 Å². The van der Waals surface area contributed by atoms with Crippen LogP contribution in [0.15, 0.2) is 40.6 Å². The van der Waals surface area contributed by atoms with Gasteiger partial charge in [0.05, 0.1) is 12.7 Å². The summed E-state index contributed by atoms with van der Waals surface area (Å²) in [4.78, 5) is 12.3. The van der Waals surface area contributed by atoms with Gasteiger partial charge >= 0.3 is 0 Å². The van der Waals surface area contributed by atoms with Crippen molar-refractivity contribution in [3.05, 3.63) is 51.7 Å². The molecule has 1 aliphatic rings. The van der Waals surface area contributed by atoms with Crippen molar-refractivity contribution in [2.24, 2.45) is 0 Å². The van der Waals surface area contributed by atoms with E-state index in [-0.39, 0.29) is 23.0 Å². The number of benzene rings is 2. The smallest absolute Gasteiger partial charge is 0.231 e. The van der Waals surface area contributed by atoms with Gasteiger partial charge in [0.1, 0.15) is 11.5 Å². The molecule has 0 radical (unpaired) electrons. The van der Waals surface area contributed by atoms with Crippen LogP contribution in [0.3, 0.4) is 0 Å². The Kier molecular flexibility index (Phi) is 3.54. The second kappa shape index (κ2) is 5.38. The molecule has 0 spiro atoms. The highest BCUT2D eigenvalue weighted by Crippen LogP contribution is 2.37. The highest BCUT2D eigenvalue weighted by Gasteiger charge is 2.27. The number of allylic oxidation sites excluding steroid dienone is 1. The molecule has 6 heteroatoms. The van der Waals surface area contributed by atoms with Crippen LogP contribution in [0.25, 0.3) is 6.08 Å². The fourth-order valence-corrected chi connectivity index (χ4v) is 2.59. The summed E-state index contributed by atoms with van der Waals surface area (Å²) in [5.74, 6) is 0.448. The molecule has 0 atom stereocenters. The fourth-order valence-electron chi connectivity index (χ4n) is 2.15. The number of hydrogen-bond acceptors (Lipinski definition) is 5. The van der Waals surface area contributed by atoms with E-state index in [0.717, 1.165) is 0 Å². The summed E-state index contributed by atoms with van der Waals surface area (Å²) in [6, 6.07) is 7.38. The maximum absolute atomic E-state index is 12.3. The van der Waals surface area contributed by atoms with Gasteiger partial charge in [-0.1, -0.05) is 15.9 Å². The SMILES string of the molecule is COc1cc(Br)c(/C=C2/Oc3cc(O)ccc3C2=O)cc1O. The van der Waals surface area contributed by atoms with Crippen LogP contribution in [-0.4, -0.2) is 23.1 Å². The van der Waals surface area contributed by atoms with Gasteiger partial charge in [-0.15, -0.1) is 0 Å². The normalized spacial score (nSPS) is 14.8. The van der Waals surface area contributed by atoms with Crippen molar-refractivity contribution in [1.82, 2.24) is 0 Å². The lowest BCUT2D eigenvalue weighted by Crippen LogP contribution is -1.98. The van der Waals surface area contributed by atoms with Crippen LogP contribution in [0.4, 0.5) is 0 Å². The largest absolute Gasteiger partial charge is 0.508 e. The molecule has 0 bridgehead atoms. The van der Waals surface area contributed by atoms with Crippen LogP contribution in [0.1, 0.15) is 15.9 Å². The molecule has 0 unspecified atom stereocenters. The van der Waals surface area contributed by atoms with E-state index in [1.165, 1.54) is 37.5 Å². The molecule has 0 saturated carbocycles. The first-order chi connectivity index (χ1) is 10.5. The quantitative estimate of drug-likeness (QED) is 0.799. The molecule has 0 aliphatic carbocycles. The third kappa shape index (κ3) is 2.42. The molecule has 0 fully saturated rings. The van der Waals surface area contributed by atoms with E-state index < -0.39 is 0 Å². The number of methoxy groups -OCH3 is 1. The Hall–Kier alpha value is -2.47. The zero-order valence-electron chi connectivity index (χ0n) is 11.5. The number of rotatable bonds is 2.